The molecule has 1 unspecified atom stereocenters. The van der Waals surface area contributed by atoms with Crippen molar-refractivity contribution in [1.82, 2.24) is 9.97 Å². The molecule has 7 heteroatoms. The quantitative estimate of drug-likeness (QED) is 0.678. The fraction of sp³-hybridized carbons (Fsp3) is 0.529. The van der Waals surface area contributed by atoms with Crippen LogP contribution in [0.5, 0.6) is 0 Å². The molecule has 1 aromatic heterocycles. The number of imidazole rings is 1. The molecule has 1 atom stereocenters. The van der Waals surface area contributed by atoms with Gasteiger partial charge in [0.15, 0.2) is 0 Å². The van der Waals surface area contributed by atoms with E-state index in [4.69, 9.17) is 5.73 Å². The highest BCUT2D eigenvalue weighted by atomic mass is 35.5. The Morgan fingerprint density at radius 2 is 2.00 bits per heavy atom. The van der Waals surface area contributed by atoms with Gasteiger partial charge >= 0.3 is 0 Å². The second kappa shape index (κ2) is 9.87. The Labute approximate surface area is 156 Å². The average Bonchev–Trinajstić information content (AvgIpc) is 2.87. The number of aromatic amines is 1. The maximum Gasteiger partial charge on any atom is 0.244 e. The Balaban J connectivity index is 0.00000264. The number of rotatable bonds is 7. The van der Waals surface area contributed by atoms with Gasteiger partial charge in [-0.1, -0.05) is 26.7 Å². The summed E-state index contributed by atoms with van der Waals surface area (Å²) in [6.07, 6.45) is 4.74. The highest BCUT2D eigenvalue weighted by Crippen LogP contribution is 2.20. The topological polar surface area (TPSA) is 83.8 Å². The minimum absolute atomic E-state index is 0. The number of nitrogens with two attached hydrogens (primary N) is 1. The predicted octanol–water partition coefficient (Wildman–Crippen LogP) is 4.21. The number of fused-ring (bicyclic) bond motifs is 1. The molecule has 5 nitrogen and oxygen atoms in total. The van der Waals surface area contributed by atoms with E-state index in [0.29, 0.717) is 6.42 Å². The number of benzene rings is 1. The zero-order valence-corrected chi connectivity index (χ0v) is 16.1. The van der Waals surface area contributed by atoms with E-state index in [0.717, 1.165) is 48.2 Å². The van der Waals surface area contributed by atoms with E-state index in [1.807, 2.05) is 25.1 Å². The van der Waals surface area contributed by atoms with Crippen LogP contribution in [-0.2, 0) is 11.2 Å². The maximum atomic E-state index is 12.2. The van der Waals surface area contributed by atoms with Gasteiger partial charge < -0.3 is 16.0 Å². The molecule has 0 saturated carbocycles. The molecule has 0 radical (unpaired) electrons. The van der Waals surface area contributed by atoms with Crippen LogP contribution >= 0.6 is 24.8 Å². The molecule has 2 aromatic rings. The minimum atomic E-state index is -0.843. The number of hydrogen-bond donors (Lipinski definition) is 3. The zero-order valence-electron chi connectivity index (χ0n) is 14.5. The van der Waals surface area contributed by atoms with Gasteiger partial charge in [-0.05, 0) is 38.0 Å². The summed E-state index contributed by atoms with van der Waals surface area (Å²) in [5, 5.41) is 2.90. The molecule has 0 aliphatic heterocycles. The van der Waals surface area contributed by atoms with Crippen LogP contribution in [-0.4, -0.2) is 21.4 Å². The third-order valence-electron chi connectivity index (χ3n) is 3.84. The molecule has 0 saturated heterocycles. The van der Waals surface area contributed by atoms with Crippen LogP contribution in [0.4, 0.5) is 5.69 Å². The van der Waals surface area contributed by atoms with Crippen LogP contribution in [0.25, 0.3) is 11.0 Å². The van der Waals surface area contributed by atoms with E-state index in [-0.39, 0.29) is 30.7 Å². The summed E-state index contributed by atoms with van der Waals surface area (Å²) in [6.45, 7) is 5.95. The van der Waals surface area contributed by atoms with Crippen molar-refractivity contribution >= 4 is 47.4 Å². The van der Waals surface area contributed by atoms with Crippen molar-refractivity contribution in [3.05, 3.63) is 24.0 Å². The van der Waals surface area contributed by atoms with Crippen molar-refractivity contribution in [1.29, 1.82) is 0 Å². The van der Waals surface area contributed by atoms with Crippen molar-refractivity contribution < 1.29 is 4.79 Å². The summed E-state index contributed by atoms with van der Waals surface area (Å²) < 4.78 is 0. The second-order valence-corrected chi connectivity index (χ2v) is 6.14. The standard InChI is InChI=1S/C17H26N4O.2ClH/c1-4-6-7-15-20-13-9-8-12(11-14(13)21-15)19-16(22)17(3,18)10-5-2;;/h8-9,11H,4-7,10,18H2,1-3H3,(H,19,22)(H,20,21);2*1H. The molecular weight excluding hydrogens is 347 g/mol. The van der Waals surface area contributed by atoms with Crippen molar-refractivity contribution in [2.24, 2.45) is 5.73 Å². The number of carbonyl (C=O) groups is 1. The fourth-order valence-electron chi connectivity index (χ4n) is 2.51. The Morgan fingerprint density at radius 3 is 2.62 bits per heavy atom. The van der Waals surface area contributed by atoms with Crippen LogP contribution in [0.15, 0.2) is 18.2 Å². The van der Waals surface area contributed by atoms with Crippen LogP contribution in [0.1, 0.15) is 52.3 Å². The number of aryl methyl sites for hydroxylation is 1. The number of anilines is 1. The third-order valence-corrected chi connectivity index (χ3v) is 3.84. The zero-order chi connectivity index (χ0) is 16.2. The number of unbranched alkanes of at least 4 members (excludes halogenated alkanes) is 1. The minimum Gasteiger partial charge on any atom is -0.342 e. The summed E-state index contributed by atoms with van der Waals surface area (Å²) in [6, 6.07) is 5.70. The number of carbonyl (C=O) groups excluding carboxylic acids is 1. The highest BCUT2D eigenvalue weighted by Gasteiger charge is 2.27. The first-order chi connectivity index (χ1) is 10.5. The number of nitrogens with one attached hydrogen (secondary N) is 2. The predicted molar refractivity (Wildman–Crippen MR) is 105 cm³/mol. The molecule has 1 aromatic carbocycles. The number of H-pyrrole nitrogens is 1. The van der Waals surface area contributed by atoms with Crippen LogP contribution in [0.3, 0.4) is 0 Å². The van der Waals surface area contributed by atoms with E-state index in [9.17, 15) is 4.79 Å². The van der Waals surface area contributed by atoms with Gasteiger partial charge in [0.1, 0.15) is 5.82 Å². The van der Waals surface area contributed by atoms with Crippen LogP contribution in [0, 0.1) is 0 Å². The lowest BCUT2D eigenvalue weighted by atomic mass is 9.96. The van der Waals surface area contributed by atoms with Gasteiger partial charge in [0.05, 0.1) is 16.6 Å². The Kier molecular flexibility index (Phi) is 9.33. The Hall–Kier alpha value is -1.30. The van der Waals surface area contributed by atoms with Crippen molar-refractivity contribution in [2.45, 2.75) is 58.4 Å². The fourth-order valence-corrected chi connectivity index (χ4v) is 2.51. The number of hydrogen-bond acceptors (Lipinski definition) is 3. The molecular formula is C17H28Cl2N4O. The first-order valence-electron chi connectivity index (χ1n) is 8.05. The molecule has 136 valence electrons. The van der Waals surface area contributed by atoms with Gasteiger partial charge in [-0.25, -0.2) is 4.98 Å². The smallest absolute Gasteiger partial charge is 0.244 e. The molecule has 1 amide bonds. The monoisotopic (exact) mass is 374 g/mol. The lowest BCUT2D eigenvalue weighted by molar-refractivity contribution is -0.120. The first-order valence-corrected chi connectivity index (χ1v) is 8.05. The van der Waals surface area contributed by atoms with Gasteiger partial charge in [0, 0.05) is 12.1 Å². The van der Waals surface area contributed by atoms with Gasteiger partial charge in [0.25, 0.3) is 0 Å². The molecule has 0 bridgehead atoms. The lowest BCUT2D eigenvalue weighted by Gasteiger charge is -2.22. The number of aromatic nitrogens is 2. The normalized spacial score (nSPS) is 12.8. The number of halogens is 2. The highest BCUT2D eigenvalue weighted by molar-refractivity contribution is 5.98. The van der Waals surface area contributed by atoms with Gasteiger partial charge in [0.2, 0.25) is 5.91 Å². The Bertz CT molecular complexity index is 655. The molecule has 0 aliphatic carbocycles. The largest absolute Gasteiger partial charge is 0.342 e. The van der Waals surface area contributed by atoms with E-state index >= 15 is 0 Å². The molecule has 0 spiro atoms. The molecule has 24 heavy (non-hydrogen) atoms. The summed E-state index contributed by atoms with van der Waals surface area (Å²) in [7, 11) is 0. The van der Waals surface area contributed by atoms with Crippen LogP contribution in [0.2, 0.25) is 0 Å². The SMILES string of the molecule is CCCCc1nc2ccc(NC(=O)C(C)(N)CCC)cc2[nH]1.Cl.Cl. The number of amides is 1. The van der Waals surface area contributed by atoms with Gasteiger partial charge in [-0.3, -0.25) is 4.79 Å². The van der Waals surface area contributed by atoms with Crippen molar-refractivity contribution in [3.63, 3.8) is 0 Å². The third kappa shape index (κ3) is 5.65. The molecule has 1 heterocycles. The molecule has 4 N–H and O–H groups in total. The summed E-state index contributed by atoms with van der Waals surface area (Å²) >= 11 is 0. The lowest BCUT2D eigenvalue weighted by Crippen LogP contribution is -2.48. The van der Waals surface area contributed by atoms with Gasteiger partial charge in [-0.2, -0.15) is 0 Å². The Morgan fingerprint density at radius 1 is 1.29 bits per heavy atom. The summed E-state index contributed by atoms with van der Waals surface area (Å²) in [5.41, 5.74) is 7.83. The average molecular weight is 375 g/mol. The van der Waals surface area contributed by atoms with Crippen LogP contribution < -0.4 is 11.1 Å². The first kappa shape index (κ1) is 22.7. The van der Waals surface area contributed by atoms with E-state index in [1.54, 1.807) is 6.92 Å². The van der Waals surface area contributed by atoms with Crippen molar-refractivity contribution in [3.8, 4) is 0 Å². The maximum absolute atomic E-state index is 12.2. The summed E-state index contributed by atoms with van der Waals surface area (Å²) in [5.74, 6) is 0.842. The molecule has 2 rings (SSSR count). The van der Waals surface area contributed by atoms with E-state index in [2.05, 4.69) is 22.2 Å². The van der Waals surface area contributed by atoms with Crippen molar-refractivity contribution in [2.75, 3.05) is 5.32 Å². The summed E-state index contributed by atoms with van der Waals surface area (Å²) in [4.78, 5) is 20.1. The van der Waals surface area contributed by atoms with E-state index in [1.165, 1.54) is 0 Å². The van der Waals surface area contributed by atoms with Gasteiger partial charge in [-0.15, -0.1) is 24.8 Å². The second-order valence-electron chi connectivity index (χ2n) is 6.14. The molecule has 0 aliphatic rings. The van der Waals surface area contributed by atoms with E-state index < -0.39 is 5.54 Å². The molecule has 0 fully saturated rings. The number of nitrogens with zero attached hydrogens (tertiary/aromatic N) is 1.